The molecule has 3 nitrogen and oxygen atoms in total. The standard InChI is InChI=1S/C4H7N3S2.ClH/c1-8-3-5-4(9-2)7-6-3;/h1-2H3,(H,5,6,7);1H. The molecule has 0 aromatic carbocycles. The minimum atomic E-state index is 0. The van der Waals surface area contributed by atoms with Crippen LogP contribution in [0.3, 0.4) is 0 Å². The Labute approximate surface area is 74.2 Å². The smallest absolute Gasteiger partial charge is 0.208 e. The summed E-state index contributed by atoms with van der Waals surface area (Å²) in [5.74, 6) is 0. The quantitative estimate of drug-likeness (QED) is 0.733. The Hall–Kier alpha value is 0.130. The van der Waals surface area contributed by atoms with E-state index in [1.54, 1.807) is 11.8 Å². The van der Waals surface area contributed by atoms with Gasteiger partial charge in [-0.15, -0.1) is 17.5 Å². The summed E-state index contributed by atoms with van der Waals surface area (Å²) in [4.78, 5) is 4.11. The minimum absolute atomic E-state index is 0. The number of aromatic amines is 1. The maximum absolute atomic E-state index is 4.11. The predicted molar refractivity (Wildman–Crippen MR) is 47.2 cm³/mol. The van der Waals surface area contributed by atoms with Gasteiger partial charge in [-0.2, -0.15) is 4.98 Å². The largest absolute Gasteiger partial charge is 0.253 e. The van der Waals surface area contributed by atoms with Crippen molar-refractivity contribution < 1.29 is 0 Å². The van der Waals surface area contributed by atoms with E-state index in [1.165, 1.54) is 11.8 Å². The van der Waals surface area contributed by atoms with Crippen molar-refractivity contribution in [1.29, 1.82) is 0 Å². The Kier molecular flexibility index (Phi) is 4.93. The van der Waals surface area contributed by atoms with Gasteiger partial charge in [0.05, 0.1) is 0 Å². The second kappa shape index (κ2) is 4.87. The van der Waals surface area contributed by atoms with Gasteiger partial charge in [-0.1, -0.05) is 23.5 Å². The highest BCUT2D eigenvalue weighted by Crippen LogP contribution is 2.12. The van der Waals surface area contributed by atoms with E-state index in [0.29, 0.717) is 0 Å². The zero-order valence-corrected chi connectivity index (χ0v) is 8.07. The lowest BCUT2D eigenvalue weighted by Crippen LogP contribution is -1.69. The fourth-order valence-corrected chi connectivity index (χ4v) is 1.11. The van der Waals surface area contributed by atoms with Gasteiger partial charge in [0.2, 0.25) is 5.16 Å². The van der Waals surface area contributed by atoms with Gasteiger partial charge in [0.1, 0.15) is 0 Å². The summed E-state index contributed by atoms with van der Waals surface area (Å²) in [6.45, 7) is 0. The van der Waals surface area contributed by atoms with Crippen LogP contribution in [0.5, 0.6) is 0 Å². The van der Waals surface area contributed by atoms with Crippen LogP contribution in [0.1, 0.15) is 0 Å². The number of thioether (sulfide) groups is 2. The summed E-state index contributed by atoms with van der Waals surface area (Å²) < 4.78 is 0. The van der Waals surface area contributed by atoms with Crippen LogP contribution >= 0.6 is 35.9 Å². The Balaban J connectivity index is 0.000000810. The minimum Gasteiger partial charge on any atom is -0.253 e. The first kappa shape index (κ1) is 10.1. The summed E-state index contributed by atoms with van der Waals surface area (Å²) in [5.41, 5.74) is 0. The molecule has 0 unspecified atom stereocenters. The van der Waals surface area contributed by atoms with Crippen LogP contribution < -0.4 is 0 Å². The van der Waals surface area contributed by atoms with E-state index in [2.05, 4.69) is 15.2 Å². The van der Waals surface area contributed by atoms with Gasteiger partial charge >= 0.3 is 0 Å². The zero-order valence-electron chi connectivity index (χ0n) is 5.62. The van der Waals surface area contributed by atoms with Crippen LogP contribution in [-0.2, 0) is 0 Å². The third-order valence-corrected chi connectivity index (χ3v) is 1.94. The lowest BCUT2D eigenvalue weighted by atomic mass is 11.3. The molecule has 0 atom stereocenters. The van der Waals surface area contributed by atoms with Gasteiger partial charge in [-0.05, 0) is 12.5 Å². The molecule has 0 aliphatic carbocycles. The molecule has 1 aromatic rings. The van der Waals surface area contributed by atoms with E-state index in [4.69, 9.17) is 0 Å². The molecule has 0 bridgehead atoms. The summed E-state index contributed by atoms with van der Waals surface area (Å²) >= 11 is 3.10. The van der Waals surface area contributed by atoms with Crippen molar-refractivity contribution in [2.75, 3.05) is 12.5 Å². The molecule has 0 aliphatic rings. The number of halogens is 1. The first-order valence-electron chi connectivity index (χ1n) is 2.37. The molecule has 6 heteroatoms. The number of hydrogen-bond acceptors (Lipinski definition) is 4. The molecule has 0 saturated heterocycles. The van der Waals surface area contributed by atoms with Gasteiger partial charge in [-0.25, -0.2) is 0 Å². The van der Waals surface area contributed by atoms with Crippen molar-refractivity contribution in [3.8, 4) is 0 Å². The molecule has 58 valence electrons. The van der Waals surface area contributed by atoms with Crippen LogP contribution in [0.2, 0.25) is 0 Å². The molecular formula is C4H8ClN3S2. The molecule has 0 fully saturated rings. The molecule has 1 aromatic heterocycles. The Bertz CT molecular complexity index is 172. The van der Waals surface area contributed by atoms with E-state index in [-0.39, 0.29) is 12.4 Å². The molecule has 1 heterocycles. The molecule has 0 saturated carbocycles. The van der Waals surface area contributed by atoms with Gasteiger partial charge < -0.3 is 0 Å². The molecule has 0 amide bonds. The summed E-state index contributed by atoms with van der Waals surface area (Å²) in [5, 5.41) is 8.38. The van der Waals surface area contributed by atoms with E-state index in [1.807, 2.05) is 12.5 Å². The molecule has 0 radical (unpaired) electrons. The lowest BCUT2D eigenvalue weighted by molar-refractivity contribution is 0.957. The van der Waals surface area contributed by atoms with Gasteiger partial charge in [0, 0.05) is 0 Å². The SMILES string of the molecule is CSc1n[nH]c(SC)n1.Cl. The molecular weight excluding hydrogens is 190 g/mol. The van der Waals surface area contributed by atoms with Crippen molar-refractivity contribution in [2.24, 2.45) is 0 Å². The number of H-pyrrole nitrogens is 1. The van der Waals surface area contributed by atoms with E-state index < -0.39 is 0 Å². The average molecular weight is 198 g/mol. The highest BCUT2D eigenvalue weighted by atomic mass is 35.5. The number of aromatic nitrogens is 3. The van der Waals surface area contributed by atoms with Crippen LogP contribution in [0.4, 0.5) is 0 Å². The third-order valence-electron chi connectivity index (χ3n) is 0.820. The molecule has 1 rings (SSSR count). The second-order valence-electron chi connectivity index (χ2n) is 1.33. The van der Waals surface area contributed by atoms with Crippen LogP contribution in [-0.4, -0.2) is 27.7 Å². The Morgan fingerprint density at radius 2 is 2.00 bits per heavy atom. The maximum Gasteiger partial charge on any atom is 0.208 e. The van der Waals surface area contributed by atoms with Gasteiger partial charge in [0.15, 0.2) is 5.16 Å². The highest BCUT2D eigenvalue weighted by molar-refractivity contribution is 7.99. The zero-order chi connectivity index (χ0) is 6.69. The van der Waals surface area contributed by atoms with E-state index >= 15 is 0 Å². The summed E-state index contributed by atoms with van der Waals surface area (Å²) in [6.07, 6.45) is 3.91. The summed E-state index contributed by atoms with van der Waals surface area (Å²) in [7, 11) is 0. The predicted octanol–water partition coefficient (Wildman–Crippen LogP) is 1.67. The monoisotopic (exact) mass is 197 g/mol. The number of hydrogen-bond donors (Lipinski definition) is 1. The van der Waals surface area contributed by atoms with E-state index in [0.717, 1.165) is 10.3 Å². The Morgan fingerprint density at radius 1 is 1.30 bits per heavy atom. The van der Waals surface area contributed by atoms with Gasteiger partial charge in [-0.3, -0.25) is 5.10 Å². The average Bonchev–Trinajstić information content (AvgIpc) is 2.34. The molecule has 10 heavy (non-hydrogen) atoms. The van der Waals surface area contributed by atoms with Crippen molar-refractivity contribution >= 4 is 35.9 Å². The third kappa shape index (κ3) is 2.40. The first-order valence-corrected chi connectivity index (χ1v) is 4.82. The molecule has 1 N–H and O–H groups in total. The van der Waals surface area contributed by atoms with E-state index in [9.17, 15) is 0 Å². The topological polar surface area (TPSA) is 41.6 Å². The van der Waals surface area contributed by atoms with Crippen LogP contribution in [0.15, 0.2) is 10.3 Å². The van der Waals surface area contributed by atoms with Crippen LogP contribution in [0.25, 0.3) is 0 Å². The lowest BCUT2D eigenvalue weighted by Gasteiger charge is -1.79. The van der Waals surface area contributed by atoms with Crippen LogP contribution in [0, 0.1) is 0 Å². The first-order chi connectivity index (χ1) is 4.36. The maximum atomic E-state index is 4.11. The fourth-order valence-electron chi connectivity index (χ4n) is 0.415. The number of nitrogens with one attached hydrogen (secondary N) is 1. The normalized spacial score (nSPS) is 9.00. The molecule has 0 aliphatic heterocycles. The van der Waals surface area contributed by atoms with Crippen molar-refractivity contribution in [3.63, 3.8) is 0 Å². The van der Waals surface area contributed by atoms with Gasteiger partial charge in [0.25, 0.3) is 0 Å². The highest BCUT2D eigenvalue weighted by Gasteiger charge is 1.97. The second-order valence-corrected chi connectivity index (χ2v) is 2.90. The summed E-state index contributed by atoms with van der Waals surface area (Å²) in [6, 6.07) is 0. The fraction of sp³-hybridized carbons (Fsp3) is 0.500. The Morgan fingerprint density at radius 3 is 2.30 bits per heavy atom. The number of rotatable bonds is 2. The van der Waals surface area contributed by atoms with Crippen molar-refractivity contribution in [1.82, 2.24) is 15.2 Å². The number of nitrogens with zero attached hydrogens (tertiary/aromatic N) is 2. The van der Waals surface area contributed by atoms with Crippen molar-refractivity contribution in [3.05, 3.63) is 0 Å². The molecule has 0 spiro atoms. The van der Waals surface area contributed by atoms with Crippen molar-refractivity contribution in [2.45, 2.75) is 10.3 Å².